The largest absolute Gasteiger partial charge is 0.495 e. The van der Waals surface area contributed by atoms with E-state index in [-0.39, 0.29) is 0 Å². The number of pyridine rings is 1. The molecule has 1 aromatic heterocycles. The lowest BCUT2D eigenvalue weighted by Crippen LogP contribution is -2.25. The summed E-state index contributed by atoms with van der Waals surface area (Å²) in [5, 5.41) is 11.2. The molecule has 0 aliphatic carbocycles. The minimum Gasteiger partial charge on any atom is -0.495 e. The number of hydrogen-bond donors (Lipinski definition) is 1. The summed E-state index contributed by atoms with van der Waals surface area (Å²) >= 11 is 6.13. The summed E-state index contributed by atoms with van der Waals surface area (Å²) in [6, 6.07) is 10.7. The molecule has 1 unspecified atom stereocenters. The number of aliphatic hydroxyl groups is 1. The van der Waals surface area contributed by atoms with Crippen LogP contribution in [-0.4, -0.2) is 17.2 Å². The van der Waals surface area contributed by atoms with Gasteiger partial charge in [-0.15, -0.1) is 0 Å². The first-order chi connectivity index (χ1) is 8.57. The number of methoxy groups -OCH3 is 1. The van der Waals surface area contributed by atoms with Gasteiger partial charge in [0, 0.05) is 16.8 Å². The van der Waals surface area contributed by atoms with Crippen molar-refractivity contribution in [3.05, 3.63) is 58.9 Å². The second-order valence-corrected chi connectivity index (χ2v) is 4.51. The van der Waals surface area contributed by atoms with Crippen LogP contribution >= 0.6 is 11.6 Å². The quantitative estimate of drug-likeness (QED) is 0.926. The van der Waals surface area contributed by atoms with Gasteiger partial charge in [-0.3, -0.25) is 4.98 Å². The van der Waals surface area contributed by atoms with Crippen molar-refractivity contribution in [3.8, 4) is 5.75 Å². The molecule has 2 rings (SSSR count). The average molecular weight is 264 g/mol. The van der Waals surface area contributed by atoms with Crippen molar-refractivity contribution in [1.82, 2.24) is 4.98 Å². The minimum atomic E-state index is -1.30. The van der Waals surface area contributed by atoms with Crippen molar-refractivity contribution in [2.45, 2.75) is 12.5 Å². The molecule has 1 N–H and O–H groups in total. The molecular weight excluding hydrogens is 250 g/mol. The fraction of sp³-hybridized carbons (Fsp3) is 0.214. The Hall–Kier alpha value is -1.58. The Labute approximate surface area is 111 Å². The molecule has 0 bridgehead atoms. The van der Waals surface area contributed by atoms with Gasteiger partial charge >= 0.3 is 0 Å². The van der Waals surface area contributed by atoms with Crippen LogP contribution in [0.5, 0.6) is 5.75 Å². The van der Waals surface area contributed by atoms with E-state index in [4.69, 9.17) is 16.3 Å². The number of rotatable bonds is 3. The summed E-state index contributed by atoms with van der Waals surface area (Å²) in [6.07, 6.45) is 1.61. The molecule has 0 fully saturated rings. The van der Waals surface area contributed by atoms with Gasteiger partial charge in [0.2, 0.25) is 0 Å². The molecule has 1 heterocycles. The summed E-state index contributed by atoms with van der Waals surface area (Å²) in [5.41, 5.74) is -0.255. The molecule has 2 aromatic rings. The Morgan fingerprint density at radius 2 is 1.94 bits per heavy atom. The van der Waals surface area contributed by atoms with Crippen molar-refractivity contribution in [2.24, 2.45) is 0 Å². The zero-order chi connectivity index (χ0) is 13.2. The topological polar surface area (TPSA) is 42.4 Å². The zero-order valence-electron chi connectivity index (χ0n) is 10.2. The Balaban J connectivity index is 2.58. The fourth-order valence-corrected chi connectivity index (χ4v) is 2.22. The van der Waals surface area contributed by atoms with Gasteiger partial charge in [-0.2, -0.15) is 0 Å². The van der Waals surface area contributed by atoms with Gasteiger partial charge in [0.1, 0.15) is 17.0 Å². The minimum absolute atomic E-state index is 0.445. The van der Waals surface area contributed by atoms with E-state index in [1.54, 1.807) is 44.5 Å². The first-order valence-electron chi connectivity index (χ1n) is 5.54. The molecule has 0 saturated carbocycles. The summed E-state index contributed by atoms with van der Waals surface area (Å²) in [6.45, 7) is 1.65. The second kappa shape index (κ2) is 4.96. The summed E-state index contributed by atoms with van der Waals surface area (Å²) in [5.74, 6) is 0.530. The molecule has 0 spiro atoms. The van der Waals surface area contributed by atoms with Gasteiger partial charge in [0.15, 0.2) is 0 Å². The van der Waals surface area contributed by atoms with E-state index in [9.17, 15) is 5.11 Å². The molecule has 1 atom stereocenters. The van der Waals surface area contributed by atoms with Crippen LogP contribution in [0.4, 0.5) is 0 Å². The van der Waals surface area contributed by atoms with Crippen LogP contribution in [0.3, 0.4) is 0 Å². The normalized spacial score (nSPS) is 14.0. The van der Waals surface area contributed by atoms with Crippen LogP contribution < -0.4 is 4.74 Å². The number of benzene rings is 1. The molecule has 94 valence electrons. The van der Waals surface area contributed by atoms with Gasteiger partial charge in [-0.05, 0) is 25.1 Å². The first kappa shape index (κ1) is 12.9. The highest BCUT2D eigenvalue weighted by atomic mass is 35.5. The molecule has 4 heteroatoms. The molecule has 0 saturated heterocycles. The third-order valence-corrected chi connectivity index (χ3v) is 3.18. The number of halogens is 1. The van der Waals surface area contributed by atoms with Crippen molar-refractivity contribution in [3.63, 3.8) is 0 Å². The van der Waals surface area contributed by atoms with Gasteiger partial charge in [0.05, 0.1) is 7.11 Å². The Morgan fingerprint density at radius 1 is 1.22 bits per heavy atom. The van der Waals surface area contributed by atoms with E-state index in [0.29, 0.717) is 22.0 Å². The van der Waals surface area contributed by atoms with E-state index in [1.807, 2.05) is 12.1 Å². The molecule has 1 aromatic carbocycles. The summed E-state index contributed by atoms with van der Waals surface area (Å²) in [4.78, 5) is 4.21. The Morgan fingerprint density at radius 3 is 2.61 bits per heavy atom. The van der Waals surface area contributed by atoms with Crippen molar-refractivity contribution >= 4 is 11.6 Å². The van der Waals surface area contributed by atoms with Crippen LogP contribution in [0, 0.1) is 0 Å². The lowest BCUT2D eigenvalue weighted by molar-refractivity contribution is 0.0940. The number of nitrogens with zero attached hydrogens (tertiary/aromatic N) is 1. The van der Waals surface area contributed by atoms with Gasteiger partial charge in [0.25, 0.3) is 0 Å². The average Bonchev–Trinajstić information content (AvgIpc) is 2.39. The molecule has 3 nitrogen and oxygen atoms in total. The maximum absolute atomic E-state index is 10.7. The van der Waals surface area contributed by atoms with Crippen LogP contribution in [0.2, 0.25) is 5.02 Å². The van der Waals surface area contributed by atoms with Crippen molar-refractivity contribution in [2.75, 3.05) is 7.11 Å². The second-order valence-electron chi connectivity index (χ2n) is 4.11. The Kier molecular flexibility index (Phi) is 3.55. The third-order valence-electron chi connectivity index (χ3n) is 2.85. The summed E-state index contributed by atoms with van der Waals surface area (Å²) < 4.78 is 5.23. The molecule has 0 radical (unpaired) electrons. The zero-order valence-corrected chi connectivity index (χ0v) is 11.0. The number of aromatic nitrogens is 1. The van der Waals surface area contributed by atoms with E-state index in [2.05, 4.69) is 4.98 Å². The smallest absolute Gasteiger partial charge is 0.143 e. The SMILES string of the molecule is COc1cccnc1C(C)(O)c1ccccc1Cl. The predicted octanol–water partition coefficient (Wildman–Crippen LogP) is 3.00. The lowest BCUT2D eigenvalue weighted by Gasteiger charge is -2.25. The molecular formula is C14H14ClNO2. The fourth-order valence-electron chi connectivity index (χ4n) is 1.90. The predicted molar refractivity (Wildman–Crippen MR) is 70.9 cm³/mol. The summed E-state index contributed by atoms with van der Waals surface area (Å²) in [7, 11) is 1.54. The maximum atomic E-state index is 10.7. The van der Waals surface area contributed by atoms with Crippen molar-refractivity contribution < 1.29 is 9.84 Å². The number of ether oxygens (including phenoxy) is 1. The monoisotopic (exact) mass is 263 g/mol. The van der Waals surface area contributed by atoms with Gasteiger partial charge < -0.3 is 9.84 Å². The maximum Gasteiger partial charge on any atom is 0.143 e. The highest BCUT2D eigenvalue weighted by Crippen LogP contribution is 2.36. The third kappa shape index (κ3) is 2.19. The van der Waals surface area contributed by atoms with Crippen LogP contribution in [0.15, 0.2) is 42.6 Å². The Bertz CT molecular complexity index is 555. The van der Waals surface area contributed by atoms with E-state index in [1.165, 1.54) is 0 Å². The van der Waals surface area contributed by atoms with Gasteiger partial charge in [-0.25, -0.2) is 0 Å². The van der Waals surface area contributed by atoms with E-state index in [0.717, 1.165) is 0 Å². The van der Waals surface area contributed by atoms with Gasteiger partial charge in [-0.1, -0.05) is 29.8 Å². The number of hydrogen-bond acceptors (Lipinski definition) is 3. The van der Waals surface area contributed by atoms with Crippen LogP contribution in [0.1, 0.15) is 18.2 Å². The van der Waals surface area contributed by atoms with Crippen molar-refractivity contribution in [1.29, 1.82) is 0 Å². The highest BCUT2D eigenvalue weighted by molar-refractivity contribution is 6.31. The van der Waals surface area contributed by atoms with E-state index < -0.39 is 5.60 Å². The molecule has 0 aliphatic rings. The highest BCUT2D eigenvalue weighted by Gasteiger charge is 2.32. The molecule has 18 heavy (non-hydrogen) atoms. The van der Waals surface area contributed by atoms with Crippen LogP contribution in [0.25, 0.3) is 0 Å². The van der Waals surface area contributed by atoms with E-state index >= 15 is 0 Å². The standard InChI is InChI=1S/C14H14ClNO2/c1-14(17,10-6-3-4-7-11(10)15)13-12(18-2)8-5-9-16-13/h3-9,17H,1-2H3. The van der Waals surface area contributed by atoms with Crippen LogP contribution in [-0.2, 0) is 5.60 Å². The molecule has 0 amide bonds. The molecule has 0 aliphatic heterocycles. The lowest BCUT2D eigenvalue weighted by atomic mass is 9.91. The first-order valence-corrected chi connectivity index (χ1v) is 5.92.